The van der Waals surface area contributed by atoms with E-state index in [0.717, 1.165) is 17.9 Å². The highest BCUT2D eigenvalue weighted by atomic mass is 16.5. The van der Waals surface area contributed by atoms with Crippen LogP contribution in [0.5, 0.6) is 5.75 Å². The Balaban J connectivity index is 1.96. The molecule has 0 unspecified atom stereocenters. The maximum absolute atomic E-state index is 8.77. The van der Waals surface area contributed by atoms with Crippen LogP contribution in [-0.2, 0) is 13.2 Å². The van der Waals surface area contributed by atoms with E-state index in [0.29, 0.717) is 12.3 Å². The van der Waals surface area contributed by atoms with Crippen molar-refractivity contribution >= 4 is 0 Å². The SMILES string of the molecule is CNCc1ccc(OCc2ccnc(C#N)c2)cc1. The highest BCUT2D eigenvalue weighted by molar-refractivity contribution is 5.28. The average Bonchev–Trinajstić information content (AvgIpc) is 2.47. The zero-order chi connectivity index (χ0) is 13.5. The van der Waals surface area contributed by atoms with Crippen molar-refractivity contribution in [2.24, 2.45) is 0 Å². The van der Waals surface area contributed by atoms with Crippen LogP contribution in [-0.4, -0.2) is 12.0 Å². The van der Waals surface area contributed by atoms with Crippen LogP contribution in [0.3, 0.4) is 0 Å². The van der Waals surface area contributed by atoms with Crippen molar-refractivity contribution in [1.29, 1.82) is 5.26 Å². The Hall–Kier alpha value is -2.38. The molecule has 0 amide bonds. The third-order valence-corrected chi connectivity index (χ3v) is 2.65. The summed E-state index contributed by atoms with van der Waals surface area (Å²) in [7, 11) is 1.92. The summed E-state index contributed by atoms with van der Waals surface area (Å²) in [5.41, 5.74) is 2.56. The van der Waals surface area contributed by atoms with Gasteiger partial charge in [-0.3, -0.25) is 0 Å². The summed E-state index contributed by atoms with van der Waals surface area (Å²) in [6.45, 7) is 1.28. The average molecular weight is 253 g/mol. The first-order valence-corrected chi connectivity index (χ1v) is 6.03. The largest absolute Gasteiger partial charge is 0.489 e. The quantitative estimate of drug-likeness (QED) is 0.888. The fourth-order valence-electron chi connectivity index (χ4n) is 1.70. The van der Waals surface area contributed by atoms with E-state index in [4.69, 9.17) is 10.00 Å². The van der Waals surface area contributed by atoms with Gasteiger partial charge < -0.3 is 10.1 Å². The summed E-state index contributed by atoms with van der Waals surface area (Å²) in [6, 6.07) is 13.5. The second-order valence-electron chi connectivity index (χ2n) is 4.12. The lowest BCUT2D eigenvalue weighted by Gasteiger charge is -2.07. The van der Waals surface area contributed by atoms with E-state index in [1.165, 1.54) is 5.56 Å². The van der Waals surface area contributed by atoms with E-state index in [2.05, 4.69) is 10.3 Å². The van der Waals surface area contributed by atoms with Gasteiger partial charge in [0.05, 0.1) is 0 Å². The van der Waals surface area contributed by atoms with Crippen molar-refractivity contribution in [2.45, 2.75) is 13.2 Å². The number of hydrogen-bond acceptors (Lipinski definition) is 4. The van der Waals surface area contributed by atoms with Gasteiger partial charge in [-0.25, -0.2) is 4.98 Å². The first kappa shape index (κ1) is 13.1. The van der Waals surface area contributed by atoms with Crippen LogP contribution >= 0.6 is 0 Å². The number of ether oxygens (including phenoxy) is 1. The maximum atomic E-state index is 8.77. The first-order chi connectivity index (χ1) is 9.31. The molecule has 1 heterocycles. The Labute approximate surface area is 112 Å². The Morgan fingerprint density at radius 3 is 2.68 bits per heavy atom. The summed E-state index contributed by atoms with van der Waals surface area (Å²) in [5.74, 6) is 0.815. The molecule has 2 aromatic rings. The summed E-state index contributed by atoms with van der Waals surface area (Å²) < 4.78 is 5.67. The number of benzene rings is 1. The molecule has 0 bridgehead atoms. The van der Waals surface area contributed by atoms with Gasteiger partial charge in [0.2, 0.25) is 0 Å². The first-order valence-electron chi connectivity index (χ1n) is 6.03. The Bertz CT molecular complexity index is 573. The summed E-state index contributed by atoms with van der Waals surface area (Å²) in [6.07, 6.45) is 1.62. The van der Waals surface area contributed by atoms with E-state index >= 15 is 0 Å². The molecule has 4 heteroatoms. The molecule has 4 nitrogen and oxygen atoms in total. The zero-order valence-electron chi connectivity index (χ0n) is 10.8. The summed E-state index contributed by atoms with van der Waals surface area (Å²) in [4.78, 5) is 3.92. The summed E-state index contributed by atoms with van der Waals surface area (Å²) in [5, 5.41) is 11.9. The molecule has 96 valence electrons. The monoisotopic (exact) mass is 253 g/mol. The molecule has 0 radical (unpaired) electrons. The number of aromatic nitrogens is 1. The molecule has 0 aliphatic carbocycles. The molecule has 0 saturated carbocycles. The van der Waals surface area contributed by atoms with Crippen LogP contribution < -0.4 is 10.1 Å². The van der Waals surface area contributed by atoms with Crippen LogP contribution in [0.2, 0.25) is 0 Å². The molecule has 0 aliphatic heterocycles. The third kappa shape index (κ3) is 3.80. The normalized spacial score (nSPS) is 9.89. The van der Waals surface area contributed by atoms with Gasteiger partial charge in [-0.2, -0.15) is 5.26 Å². The van der Waals surface area contributed by atoms with Gasteiger partial charge in [0.1, 0.15) is 24.1 Å². The Morgan fingerprint density at radius 1 is 1.21 bits per heavy atom. The van der Waals surface area contributed by atoms with Crippen LogP contribution in [0.4, 0.5) is 0 Å². The van der Waals surface area contributed by atoms with Crippen molar-refractivity contribution in [1.82, 2.24) is 10.3 Å². The molecule has 0 saturated heterocycles. The fourth-order valence-corrected chi connectivity index (χ4v) is 1.70. The predicted molar refractivity (Wildman–Crippen MR) is 72.5 cm³/mol. The minimum absolute atomic E-state index is 0.408. The van der Waals surface area contributed by atoms with Gasteiger partial charge in [-0.1, -0.05) is 12.1 Å². The molecule has 0 fully saturated rings. The molecule has 1 N–H and O–H groups in total. The predicted octanol–water partition coefficient (Wildman–Crippen LogP) is 2.25. The van der Waals surface area contributed by atoms with E-state index in [9.17, 15) is 0 Å². The number of nitrogens with one attached hydrogen (secondary N) is 1. The fraction of sp³-hybridized carbons (Fsp3) is 0.200. The van der Waals surface area contributed by atoms with Crippen LogP contribution in [0.25, 0.3) is 0 Å². The highest BCUT2D eigenvalue weighted by Gasteiger charge is 1.99. The second kappa shape index (κ2) is 6.53. The summed E-state index contributed by atoms with van der Waals surface area (Å²) >= 11 is 0. The van der Waals surface area contributed by atoms with E-state index in [-0.39, 0.29) is 0 Å². The number of nitrogens with zero attached hydrogens (tertiary/aromatic N) is 2. The van der Waals surface area contributed by atoms with Gasteiger partial charge in [0.15, 0.2) is 0 Å². The van der Waals surface area contributed by atoms with Crippen molar-refractivity contribution < 1.29 is 4.74 Å². The van der Waals surface area contributed by atoms with E-state index in [1.807, 2.05) is 43.4 Å². The molecule has 19 heavy (non-hydrogen) atoms. The van der Waals surface area contributed by atoms with E-state index < -0.39 is 0 Å². The standard InChI is InChI=1S/C15H15N3O/c1-17-10-12-2-4-15(5-3-12)19-11-13-6-7-18-14(8-13)9-16/h2-8,17H,10-11H2,1H3. The molecular weight excluding hydrogens is 238 g/mol. The van der Waals surface area contributed by atoms with Crippen molar-refractivity contribution in [3.05, 3.63) is 59.4 Å². The molecule has 0 spiro atoms. The Kier molecular flexibility index (Phi) is 4.49. The minimum Gasteiger partial charge on any atom is -0.489 e. The number of hydrogen-bond donors (Lipinski definition) is 1. The van der Waals surface area contributed by atoms with Gasteiger partial charge in [0, 0.05) is 12.7 Å². The zero-order valence-corrected chi connectivity index (χ0v) is 10.8. The van der Waals surface area contributed by atoms with Gasteiger partial charge >= 0.3 is 0 Å². The topological polar surface area (TPSA) is 57.9 Å². The van der Waals surface area contributed by atoms with Crippen molar-refractivity contribution in [2.75, 3.05) is 7.05 Å². The van der Waals surface area contributed by atoms with E-state index in [1.54, 1.807) is 12.3 Å². The molecule has 0 atom stereocenters. The highest BCUT2D eigenvalue weighted by Crippen LogP contribution is 2.14. The Morgan fingerprint density at radius 2 is 2.00 bits per heavy atom. The molecule has 1 aromatic heterocycles. The third-order valence-electron chi connectivity index (χ3n) is 2.65. The molecule has 1 aromatic carbocycles. The smallest absolute Gasteiger partial charge is 0.140 e. The van der Waals surface area contributed by atoms with Crippen LogP contribution in [0.15, 0.2) is 42.6 Å². The van der Waals surface area contributed by atoms with Crippen molar-refractivity contribution in [3.63, 3.8) is 0 Å². The second-order valence-corrected chi connectivity index (χ2v) is 4.12. The maximum Gasteiger partial charge on any atom is 0.140 e. The minimum atomic E-state index is 0.408. The van der Waals surface area contributed by atoms with Gasteiger partial charge in [-0.05, 0) is 42.4 Å². The lowest BCUT2D eigenvalue weighted by molar-refractivity contribution is 0.306. The van der Waals surface area contributed by atoms with Gasteiger partial charge in [-0.15, -0.1) is 0 Å². The molecule has 2 rings (SSSR count). The number of nitriles is 1. The van der Waals surface area contributed by atoms with Crippen LogP contribution in [0, 0.1) is 11.3 Å². The van der Waals surface area contributed by atoms with Crippen LogP contribution in [0.1, 0.15) is 16.8 Å². The van der Waals surface area contributed by atoms with Crippen molar-refractivity contribution in [3.8, 4) is 11.8 Å². The number of rotatable bonds is 5. The lowest BCUT2D eigenvalue weighted by atomic mass is 10.2. The number of pyridine rings is 1. The van der Waals surface area contributed by atoms with Gasteiger partial charge in [0.25, 0.3) is 0 Å². The lowest BCUT2D eigenvalue weighted by Crippen LogP contribution is -2.04. The molecular formula is C15H15N3O. The molecule has 0 aliphatic rings.